The minimum Gasteiger partial charge on any atom is -0.370 e. The van der Waals surface area contributed by atoms with Crippen LogP contribution < -0.4 is 10.0 Å². The van der Waals surface area contributed by atoms with Gasteiger partial charge in [-0.2, -0.15) is 0 Å². The Morgan fingerprint density at radius 1 is 1.06 bits per heavy atom. The number of sulfonamides is 1. The summed E-state index contributed by atoms with van der Waals surface area (Å²) in [4.78, 5) is 2.33. The van der Waals surface area contributed by atoms with E-state index >= 15 is 0 Å². The fourth-order valence-electron chi connectivity index (χ4n) is 2.09. The molecule has 1 aromatic rings. The molecule has 0 aliphatic carbocycles. The molecule has 2 N–H and O–H groups in total. The van der Waals surface area contributed by atoms with E-state index in [0.29, 0.717) is 0 Å². The Labute approximate surface area is 108 Å². The van der Waals surface area contributed by atoms with Crippen molar-refractivity contribution >= 4 is 28.1 Å². The van der Waals surface area contributed by atoms with Crippen molar-refractivity contribution in [2.24, 2.45) is 5.14 Å². The second-order valence-electron chi connectivity index (χ2n) is 4.06. The summed E-state index contributed by atoms with van der Waals surface area (Å²) >= 11 is 0. The van der Waals surface area contributed by atoms with Gasteiger partial charge >= 0.3 is 0 Å². The number of anilines is 1. The monoisotopic (exact) mass is 276 g/mol. The van der Waals surface area contributed by atoms with E-state index in [1.165, 1.54) is 6.42 Å². The van der Waals surface area contributed by atoms with Crippen LogP contribution in [0.4, 0.5) is 5.69 Å². The number of piperidine rings is 1. The van der Waals surface area contributed by atoms with Gasteiger partial charge in [0.2, 0.25) is 10.0 Å². The van der Waals surface area contributed by atoms with Crippen LogP contribution in [0.5, 0.6) is 0 Å². The fraction of sp³-hybridized carbons (Fsp3) is 0.455. The maximum absolute atomic E-state index is 11.4. The highest BCUT2D eigenvalue weighted by Crippen LogP contribution is 2.26. The van der Waals surface area contributed by atoms with E-state index in [0.717, 1.165) is 31.6 Å². The molecule has 6 heteroatoms. The Morgan fingerprint density at radius 2 is 1.65 bits per heavy atom. The van der Waals surface area contributed by atoms with Crippen molar-refractivity contribution in [1.29, 1.82) is 0 Å². The topological polar surface area (TPSA) is 63.4 Å². The molecule has 0 amide bonds. The van der Waals surface area contributed by atoms with E-state index in [1.807, 2.05) is 12.1 Å². The van der Waals surface area contributed by atoms with Crippen LogP contribution in [-0.4, -0.2) is 21.5 Å². The van der Waals surface area contributed by atoms with Crippen molar-refractivity contribution in [2.45, 2.75) is 24.2 Å². The number of para-hydroxylation sites is 1. The van der Waals surface area contributed by atoms with E-state index < -0.39 is 10.0 Å². The number of nitrogens with zero attached hydrogens (tertiary/aromatic N) is 1. The van der Waals surface area contributed by atoms with E-state index in [4.69, 9.17) is 5.14 Å². The predicted molar refractivity (Wildman–Crippen MR) is 71.1 cm³/mol. The highest BCUT2D eigenvalue weighted by molar-refractivity contribution is 7.89. The smallest absolute Gasteiger partial charge is 0.240 e. The molecular weight excluding hydrogens is 260 g/mol. The summed E-state index contributed by atoms with van der Waals surface area (Å²) in [6.45, 7) is 1.82. The van der Waals surface area contributed by atoms with Gasteiger partial charge in [-0.3, -0.25) is 0 Å². The minimum absolute atomic E-state index is 0. The first-order valence-corrected chi connectivity index (χ1v) is 7.00. The maximum atomic E-state index is 11.4. The second-order valence-corrected chi connectivity index (χ2v) is 5.59. The van der Waals surface area contributed by atoms with Crippen molar-refractivity contribution in [3.05, 3.63) is 24.3 Å². The average Bonchev–Trinajstić information content (AvgIpc) is 2.29. The van der Waals surface area contributed by atoms with E-state index in [2.05, 4.69) is 4.90 Å². The van der Waals surface area contributed by atoms with Crippen molar-refractivity contribution in [1.82, 2.24) is 0 Å². The van der Waals surface area contributed by atoms with Crippen LogP contribution in [0.1, 0.15) is 19.3 Å². The van der Waals surface area contributed by atoms with Crippen LogP contribution in [0.3, 0.4) is 0 Å². The molecule has 1 fully saturated rings. The molecule has 1 aromatic carbocycles. The van der Waals surface area contributed by atoms with Gasteiger partial charge in [-0.05, 0) is 31.4 Å². The molecule has 0 radical (unpaired) electrons. The van der Waals surface area contributed by atoms with Crippen molar-refractivity contribution in [2.75, 3.05) is 18.0 Å². The van der Waals surface area contributed by atoms with Gasteiger partial charge in [0, 0.05) is 13.1 Å². The normalized spacial score (nSPS) is 16.4. The number of hydrogen-bond donors (Lipinski definition) is 1. The Bertz CT molecular complexity index is 470. The fourth-order valence-corrected chi connectivity index (χ4v) is 2.85. The molecule has 0 atom stereocenters. The minimum atomic E-state index is -3.62. The number of rotatable bonds is 2. The Hall–Kier alpha value is -0.780. The molecule has 0 unspecified atom stereocenters. The quantitative estimate of drug-likeness (QED) is 0.895. The molecule has 0 saturated carbocycles. The Balaban J connectivity index is 0.00000144. The van der Waals surface area contributed by atoms with Gasteiger partial charge in [0.05, 0.1) is 5.69 Å². The van der Waals surface area contributed by atoms with Crippen LogP contribution >= 0.6 is 12.4 Å². The predicted octanol–water partition coefficient (Wildman–Crippen LogP) is 1.75. The van der Waals surface area contributed by atoms with Crippen molar-refractivity contribution < 1.29 is 8.42 Å². The van der Waals surface area contributed by atoms with Gasteiger partial charge in [-0.25, -0.2) is 13.6 Å². The third kappa shape index (κ3) is 3.34. The lowest BCUT2D eigenvalue weighted by molar-refractivity contribution is 0.571. The molecule has 0 spiro atoms. The number of primary sulfonamides is 1. The first-order chi connectivity index (χ1) is 7.59. The van der Waals surface area contributed by atoms with E-state index in [9.17, 15) is 8.42 Å². The first kappa shape index (κ1) is 14.3. The lowest BCUT2D eigenvalue weighted by Gasteiger charge is -2.30. The van der Waals surface area contributed by atoms with Gasteiger partial charge < -0.3 is 4.90 Å². The van der Waals surface area contributed by atoms with Crippen molar-refractivity contribution in [3.63, 3.8) is 0 Å². The van der Waals surface area contributed by atoms with Crippen LogP contribution in [0.2, 0.25) is 0 Å². The Kier molecular flexibility index (Phi) is 4.80. The standard InChI is InChI=1S/C11H16N2O2S.ClH/c12-16(14,15)11-7-3-2-6-10(11)13-8-4-1-5-9-13;/h2-3,6-7H,1,4-5,8-9H2,(H2,12,14,15);1H. The largest absolute Gasteiger partial charge is 0.370 e. The summed E-state index contributed by atoms with van der Waals surface area (Å²) in [6.07, 6.45) is 3.44. The Morgan fingerprint density at radius 3 is 2.24 bits per heavy atom. The molecule has 0 aromatic heterocycles. The van der Waals surface area contributed by atoms with Gasteiger partial charge in [0.25, 0.3) is 0 Å². The van der Waals surface area contributed by atoms with Crippen LogP contribution in [-0.2, 0) is 10.0 Å². The molecule has 96 valence electrons. The summed E-state index contributed by atoms with van der Waals surface area (Å²) < 4.78 is 22.9. The highest BCUT2D eigenvalue weighted by Gasteiger charge is 2.19. The van der Waals surface area contributed by atoms with Gasteiger partial charge in [0.15, 0.2) is 0 Å². The highest BCUT2D eigenvalue weighted by atomic mass is 35.5. The zero-order valence-corrected chi connectivity index (χ0v) is 11.1. The summed E-state index contributed by atoms with van der Waals surface area (Å²) in [7, 11) is -3.62. The summed E-state index contributed by atoms with van der Waals surface area (Å²) in [5.74, 6) is 0. The lowest BCUT2D eigenvalue weighted by atomic mass is 10.1. The molecule has 2 rings (SSSR count). The molecule has 1 aliphatic heterocycles. The summed E-state index contributed by atoms with van der Waals surface area (Å²) in [5.41, 5.74) is 0.740. The number of halogens is 1. The van der Waals surface area contributed by atoms with Crippen LogP contribution in [0.15, 0.2) is 29.2 Å². The number of hydrogen-bond acceptors (Lipinski definition) is 3. The zero-order chi connectivity index (χ0) is 11.6. The SMILES string of the molecule is Cl.NS(=O)(=O)c1ccccc1N1CCCCC1. The molecule has 0 bridgehead atoms. The number of nitrogens with two attached hydrogens (primary N) is 1. The average molecular weight is 277 g/mol. The van der Waals surface area contributed by atoms with Gasteiger partial charge in [0.1, 0.15) is 4.90 Å². The zero-order valence-electron chi connectivity index (χ0n) is 9.50. The molecule has 1 aliphatic rings. The van der Waals surface area contributed by atoms with E-state index in [1.54, 1.807) is 12.1 Å². The third-order valence-corrected chi connectivity index (χ3v) is 3.83. The third-order valence-electron chi connectivity index (χ3n) is 2.87. The van der Waals surface area contributed by atoms with Gasteiger partial charge in [-0.1, -0.05) is 12.1 Å². The molecule has 1 heterocycles. The lowest BCUT2D eigenvalue weighted by Crippen LogP contribution is -2.31. The molecule has 1 saturated heterocycles. The maximum Gasteiger partial charge on any atom is 0.240 e. The molecule has 4 nitrogen and oxygen atoms in total. The van der Waals surface area contributed by atoms with Crippen LogP contribution in [0.25, 0.3) is 0 Å². The summed E-state index contributed by atoms with van der Waals surface area (Å²) in [5, 5.41) is 5.21. The summed E-state index contributed by atoms with van der Waals surface area (Å²) in [6, 6.07) is 6.94. The number of benzene rings is 1. The van der Waals surface area contributed by atoms with Crippen molar-refractivity contribution in [3.8, 4) is 0 Å². The van der Waals surface area contributed by atoms with Crippen LogP contribution in [0, 0.1) is 0 Å². The first-order valence-electron chi connectivity index (χ1n) is 5.46. The molecule has 17 heavy (non-hydrogen) atoms. The van der Waals surface area contributed by atoms with E-state index in [-0.39, 0.29) is 17.3 Å². The molecular formula is C11H17ClN2O2S. The van der Waals surface area contributed by atoms with Gasteiger partial charge in [-0.15, -0.1) is 12.4 Å². The second kappa shape index (κ2) is 5.71.